The van der Waals surface area contributed by atoms with Crippen LogP contribution in [0.4, 0.5) is 0 Å². The predicted octanol–water partition coefficient (Wildman–Crippen LogP) is 15.2. The molecule has 0 heterocycles. The van der Waals surface area contributed by atoms with Gasteiger partial charge in [-0.05, 0) is 12.8 Å². The van der Waals surface area contributed by atoms with Crippen LogP contribution in [0.5, 0.6) is 0 Å². The third kappa shape index (κ3) is 48.0. The molecule has 0 rings (SSSR count). The molecule has 0 bridgehead atoms. The highest BCUT2D eigenvalue weighted by Crippen LogP contribution is 2.42. The van der Waals surface area contributed by atoms with Gasteiger partial charge in [-0.25, -0.2) is 4.57 Å². The Balaban J connectivity index is 3.50. The topological polar surface area (TPSA) is 131 Å². The second-order valence-corrected chi connectivity index (χ2v) is 19.3. The molecule has 0 aliphatic carbocycles. The third-order valence-corrected chi connectivity index (χ3v) is 12.8. The van der Waals surface area contributed by atoms with Crippen molar-refractivity contribution in [2.45, 2.75) is 283 Å². The summed E-state index contributed by atoms with van der Waals surface area (Å²) in [5, 5.41) is 12.8. The van der Waals surface area contributed by atoms with Gasteiger partial charge in [0.25, 0.3) is 0 Å². The fourth-order valence-corrected chi connectivity index (χ4v) is 8.61. The first-order chi connectivity index (χ1) is 29.3. The predicted molar refractivity (Wildman–Crippen MR) is 252 cm³/mol. The van der Waals surface area contributed by atoms with Gasteiger partial charge in [0.1, 0.15) is 12.7 Å². The fourth-order valence-electron chi connectivity index (χ4n) is 7.86. The molecule has 3 N–H and O–H groups in total. The number of amides is 1. The summed E-state index contributed by atoms with van der Waals surface area (Å²) >= 11 is 0. The summed E-state index contributed by atoms with van der Waals surface area (Å²) in [7, 11) is -4.41. The molecular weight excluding hydrogens is 774 g/mol. The minimum atomic E-state index is -4.41. The maximum Gasteiger partial charge on any atom is 0.472 e. The molecule has 0 aliphatic heterocycles. The highest BCUT2D eigenvalue weighted by molar-refractivity contribution is 7.47. The van der Waals surface area contributed by atoms with E-state index in [9.17, 15) is 24.2 Å². The lowest BCUT2D eigenvalue weighted by atomic mass is 10.0. The van der Waals surface area contributed by atoms with Crippen LogP contribution in [0.25, 0.3) is 0 Å². The lowest BCUT2D eigenvalue weighted by molar-refractivity contribution is -0.147. The minimum absolute atomic E-state index is 0.0889. The molecule has 0 aromatic heterocycles. The minimum Gasteiger partial charge on any atom is -0.463 e. The Morgan fingerprint density at radius 1 is 0.450 bits per heavy atom. The number of carbonyl (C=O) groups is 2. The van der Waals surface area contributed by atoms with Crippen molar-refractivity contribution in [2.24, 2.45) is 0 Å². The van der Waals surface area contributed by atoms with Crippen molar-refractivity contribution >= 4 is 19.7 Å². The highest BCUT2D eigenvalue weighted by Gasteiger charge is 2.23. The molecule has 358 valence electrons. The molecule has 1 amide bonds. The molecule has 2 unspecified atom stereocenters. The van der Waals surface area contributed by atoms with Crippen LogP contribution in [0.3, 0.4) is 0 Å². The van der Waals surface area contributed by atoms with Crippen LogP contribution in [-0.2, 0) is 27.9 Å². The van der Waals surface area contributed by atoms with E-state index in [2.05, 4.69) is 19.2 Å². The smallest absolute Gasteiger partial charge is 0.463 e. The molecule has 0 saturated carbocycles. The number of nitrogens with one attached hydrogen (secondary N) is 1. The number of unbranched alkanes of at least 4 members (excludes halogenated alkanes) is 37. The zero-order valence-electron chi connectivity index (χ0n) is 39.7. The Morgan fingerprint density at radius 2 is 0.750 bits per heavy atom. The van der Waals surface area contributed by atoms with Gasteiger partial charge in [-0.3, -0.25) is 18.6 Å². The van der Waals surface area contributed by atoms with Gasteiger partial charge in [0.15, 0.2) is 0 Å². The fraction of sp³-hybridized carbons (Fsp3) is 0.960. The summed E-state index contributed by atoms with van der Waals surface area (Å²) in [6.07, 6.45) is 50.4. The van der Waals surface area contributed by atoms with Crippen molar-refractivity contribution in [3.05, 3.63) is 0 Å². The summed E-state index contributed by atoms with van der Waals surface area (Å²) in [5.74, 6) is -0.497. The Kier molecular flexibility index (Phi) is 46.7. The number of hydrogen-bond donors (Lipinski definition) is 3. The van der Waals surface area contributed by atoms with E-state index in [1.54, 1.807) is 0 Å². The molecule has 0 radical (unpaired) electrons. The van der Waals surface area contributed by atoms with Gasteiger partial charge in [-0.15, -0.1) is 0 Å². The van der Waals surface area contributed by atoms with E-state index >= 15 is 0 Å². The zero-order chi connectivity index (χ0) is 43.9. The second-order valence-electron chi connectivity index (χ2n) is 17.9. The lowest BCUT2D eigenvalue weighted by Gasteiger charge is -2.15. The van der Waals surface area contributed by atoms with E-state index in [1.807, 2.05) is 0 Å². The lowest BCUT2D eigenvalue weighted by Crippen LogP contribution is -2.27. The average Bonchev–Trinajstić information content (AvgIpc) is 3.23. The molecule has 2 atom stereocenters. The van der Waals surface area contributed by atoms with E-state index in [0.717, 1.165) is 38.5 Å². The van der Waals surface area contributed by atoms with Gasteiger partial charge in [0, 0.05) is 19.4 Å². The van der Waals surface area contributed by atoms with Crippen LogP contribution in [0.1, 0.15) is 277 Å². The molecule has 0 spiro atoms. The van der Waals surface area contributed by atoms with Crippen LogP contribution < -0.4 is 5.32 Å². The number of rotatable bonds is 50. The first-order valence-electron chi connectivity index (χ1n) is 26.0. The summed E-state index contributed by atoms with van der Waals surface area (Å²) in [6, 6.07) is 0. The highest BCUT2D eigenvalue weighted by atomic mass is 31.2. The number of esters is 1. The second kappa shape index (κ2) is 47.5. The van der Waals surface area contributed by atoms with Crippen molar-refractivity contribution < 1.29 is 37.9 Å². The Hall–Kier alpha value is -0.990. The van der Waals surface area contributed by atoms with Gasteiger partial charge in [0.05, 0.1) is 13.2 Å². The first kappa shape index (κ1) is 59.0. The Bertz CT molecular complexity index is 953. The molecule has 60 heavy (non-hydrogen) atoms. The number of carbonyl (C=O) groups excluding carboxylic acids is 2. The average molecular weight is 874 g/mol. The maximum atomic E-state index is 12.1. The number of aliphatic hydroxyl groups is 1. The Labute approximate surface area is 371 Å². The van der Waals surface area contributed by atoms with E-state index in [4.69, 9.17) is 13.8 Å². The quantitative estimate of drug-likeness (QED) is 0.0313. The molecule has 0 aliphatic rings. The van der Waals surface area contributed by atoms with E-state index in [0.29, 0.717) is 12.8 Å². The number of ether oxygens (including phenoxy) is 1. The van der Waals surface area contributed by atoms with Crippen LogP contribution in [0, 0.1) is 0 Å². The van der Waals surface area contributed by atoms with Crippen molar-refractivity contribution in [3.8, 4) is 0 Å². The molecule has 10 heteroatoms. The number of phosphoric acid groups is 1. The summed E-state index contributed by atoms with van der Waals surface area (Å²) in [5.41, 5.74) is 0. The van der Waals surface area contributed by atoms with Crippen molar-refractivity contribution in [2.75, 3.05) is 26.4 Å². The maximum absolute atomic E-state index is 12.1. The number of hydrogen-bond acceptors (Lipinski definition) is 7. The summed E-state index contributed by atoms with van der Waals surface area (Å²) in [4.78, 5) is 34.1. The Morgan fingerprint density at radius 3 is 1.08 bits per heavy atom. The number of phosphoric ester groups is 1. The molecular formula is C50H100NO8P. The SMILES string of the molecule is CCCCCCCCCCCCCCCCCCCCCCC(=O)NCCOP(=O)(O)OCC(O)COC(=O)CCCCCCCCCCCCCCCCCCCCC. The third-order valence-electron chi connectivity index (χ3n) is 11.8. The van der Waals surface area contributed by atoms with Crippen molar-refractivity contribution in [3.63, 3.8) is 0 Å². The molecule has 0 aromatic rings. The number of aliphatic hydroxyl groups excluding tert-OH is 1. The zero-order valence-corrected chi connectivity index (χ0v) is 40.6. The molecule has 9 nitrogen and oxygen atoms in total. The molecule has 0 saturated heterocycles. The normalized spacial score (nSPS) is 13.1. The van der Waals surface area contributed by atoms with Gasteiger partial charge in [0.2, 0.25) is 5.91 Å². The standard InChI is InChI=1S/C50H100NO8P/c1-3-5-7-9-11-13-15-17-19-21-23-25-26-28-30-32-34-36-38-40-42-49(53)51-44-45-58-60(55,56)59-47-48(52)46-57-50(54)43-41-39-37-35-33-31-29-27-24-22-20-18-16-14-12-10-8-6-4-2/h48,52H,3-47H2,1-2H3,(H,51,53)(H,55,56). The van der Waals surface area contributed by atoms with Crippen LogP contribution in [-0.4, -0.2) is 54.3 Å². The van der Waals surface area contributed by atoms with Crippen LogP contribution in [0.15, 0.2) is 0 Å². The van der Waals surface area contributed by atoms with Gasteiger partial charge >= 0.3 is 13.8 Å². The molecule has 0 aromatic carbocycles. The summed E-state index contributed by atoms with van der Waals surface area (Å²) < 4.78 is 27.0. The first-order valence-corrected chi connectivity index (χ1v) is 27.5. The monoisotopic (exact) mass is 874 g/mol. The van der Waals surface area contributed by atoms with E-state index < -0.39 is 26.5 Å². The van der Waals surface area contributed by atoms with Crippen molar-refractivity contribution in [1.82, 2.24) is 5.32 Å². The van der Waals surface area contributed by atoms with E-state index in [-0.39, 0.29) is 25.7 Å². The molecule has 0 fully saturated rings. The summed E-state index contributed by atoms with van der Waals surface area (Å²) in [6.45, 7) is 3.63. The van der Waals surface area contributed by atoms with Crippen LogP contribution >= 0.6 is 7.82 Å². The van der Waals surface area contributed by atoms with E-state index in [1.165, 1.54) is 212 Å². The van der Waals surface area contributed by atoms with Crippen LogP contribution in [0.2, 0.25) is 0 Å². The van der Waals surface area contributed by atoms with Gasteiger partial charge < -0.3 is 20.1 Å². The largest absolute Gasteiger partial charge is 0.472 e. The van der Waals surface area contributed by atoms with Gasteiger partial charge in [-0.2, -0.15) is 0 Å². The van der Waals surface area contributed by atoms with Gasteiger partial charge in [-0.1, -0.05) is 251 Å². The van der Waals surface area contributed by atoms with Crippen molar-refractivity contribution in [1.29, 1.82) is 0 Å².